The van der Waals surface area contributed by atoms with Crippen LogP contribution in [-0.2, 0) is 10.7 Å². The molecule has 0 heterocycles. The predicted octanol–water partition coefficient (Wildman–Crippen LogP) is 4.39. The third kappa shape index (κ3) is 4.22. The monoisotopic (exact) mass is 366 g/mol. The van der Waals surface area contributed by atoms with Gasteiger partial charge in [-0.15, -0.1) is 0 Å². The number of urea groups is 1. The van der Waals surface area contributed by atoms with Crippen LogP contribution in [0.4, 0.5) is 13.6 Å². The molecule has 1 fully saturated rings. The van der Waals surface area contributed by atoms with Gasteiger partial charge < -0.3 is 15.4 Å². The van der Waals surface area contributed by atoms with Crippen molar-refractivity contribution in [1.29, 1.82) is 0 Å². The van der Waals surface area contributed by atoms with E-state index in [1.807, 2.05) is 0 Å². The number of carbonyl (C=O) groups is 2. The van der Waals surface area contributed by atoms with Crippen LogP contribution in [-0.4, -0.2) is 23.9 Å². The van der Waals surface area contributed by atoms with Gasteiger partial charge in [0.05, 0.1) is 6.04 Å². The van der Waals surface area contributed by atoms with E-state index in [1.165, 1.54) is 12.1 Å². The van der Waals surface area contributed by atoms with Crippen LogP contribution >= 0.6 is 0 Å². The molecule has 1 aromatic rings. The van der Waals surface area contributed by atoms with Gasteiger partial charge >= 0.3 is 6.03 Å². The lowest BCUT2D eigenvalue weighted by atomic mass is 9.74. The number of rotatable bonds is 5. The van der Waals surface area contributed by atoms with E-state index in [4.69, 9.17) is 0 Å². The fourth-order valence-corrected chi connectivity index (χ4v) is 3.45. The summed E-state index contributed by atoms with van der Waals surface area (Å²) in [5.41, 5.74) is -2.26. The topological polar surface area (TPSA) is 58.2 Å². The van der Waals surface area contributed by atoms with Gasteiger partial charge in [-0.1, -0.05) is 70.4 Å². The van der Waals surface area contributed by atoms with Gasteiger partial charge in [0, 0.05) is 5.56 Å². The molecule has 2 N–H and O–H groups in total. The van der Waals surface area contributed by atoms with Crippen LogP contribution in [0, 0.1) is 5.41 Å². The molecule has 1 atom stereocenters. The van der Waals surface area contributed by atoms with Crippen LogP contribution in [0.1, 0.15) is 58.4 Å². The second-order valence-electron chi connectivity index (χ2n) is 8.16. The summed E-state index contributed by atoms with van der Waals surface area (Å²) in [5, 5.41) is 5.10. The zero-order valence-corrected chi connectivity index (χ0v) is 15.6. The number of aldehydes is 1. The number of amides is 2. The van der Waals surface area contributed by atoms with Crippen LogP contribution in [0.2, 0.25) is 0 Å². The minimum Gasteiger partial charge on any atom is -0.328 e. The van der Waals surface area contributed by atoms with E-state index in [2.05, 4.69) is 10.6 Å². The summed E-state index contributed by atoms with van der Waals surface area (Å²) >= 11 is 0. The average molecular weight is 366 g/mol. The van der Waals surface area contributed by atoms with E-state index in [1.54, 1.807) is 39.0 Å². The summed E-state index contributed by atoms with van der Waals surface area (Å²) in [4.78, 5) is 23.8. The molecule has 1 aromatic carbocycles. The van der Waals surface area contributed by atoms with E-state index >= 15 is 8.78 Å². The van der Waals surface area contributed by atoms with Crippen LogP contribution in [0.25, 0.3) is 0 Å². The van der Waals surface area contributed by atoms with Gasteiger partial charge in [-0.05, 0) is 18.3 Å². The quantitative estimate of drug-likeness (QED) is 0.759. The molecule has 1 aliphatic carbocycles. The molecule has 2 rings (SSSR count). The molecule has 1 saturated carbocycles. The average Bonchev–Trinajstić information content (AvgIpc) is 2.60. The van der Waals surface area contributed by atoms with E-state index in [9.17, 15) is 9.59 Å². The van der Waals surface area contributed by atoms with Crippen molar-refractivity contribution in [2.45, 2.75) is 70.4 Å². The molecular formula is C20H28F2N2O2. The molecule has 0 aromatic heterocycles. The molecule has 1 unspecified atom stereocenters. The second-order valence-corrected chi connectivity index (χ2v) is 8.16. The summed E-state index contributed by atoms with van der Waals surface area (Å²) < 4.78 is 30.8. The van der Waals surface area contributed by atoms with Gasteiger partial charge in [-0.25, -0.2) is 4.79 Å². The molecule has 4 nitrogen and oxygen atoms in total. The van der Waals surface area contributed by atoms with Gasteiger partial charge in [0.15, 0.2) is 0 Å². The van der Waals surface area contributed by atoms with Gasteiger partial charge in [0.1, 0.15) is 11.8 Å². The number of benzene rings is 1. The smallest absolute Gasteiger partial charge is 0.316 e. The molecule has 0 saturated heterocycles. The van der Waals surface area contributed by atoms with Crippen molar-refractivity contribution in [3.05, 3.63) is 35.9 Å². The Hall–Kier alpha value is -1.98. The van der Waals surface area contributed by atoms with E-state index in [-0.39, 0.29) is 18.4 Å². The molecular weight excluding hydrogens is 338 g/mol. The van der Waals surface area contributed by atoms with Crippen LogP contribution < -0.4 is 10.6 Å². The first-order valence-electron chi connectivity index (χ1n) is 9.10. The Kier molecular flexibility index (Phi) is 6.04. The SMILES string of the molecule is CC(C)(C)C(C=O)NC(=O)NC1(C(F)(F)c2ccccc2)CCCCC1. The lowest BCUT2D eigenvalue weighted by Crippen LogP contribution is -2.63. The number of nitrogens with one attached hydrogen (secondary N) is 2. The van der Waals surface area contributed by atoms with Crippen molar-refractivity contribution in [3.63, 3.8) is 0 Å². The highest BCUT2D eigenvalue weighted by molar-refractivity contribution is 5.79. The van der Waals surface area contributed by atoms with Crippen molar-refractivity contribution >= 4 is 12.3 Å². The lowest BCUT2D eigenvalue weighted by Gasteiger charge is -2.44. The summed E-state index contributed by atoms with van der Waals surface area (Å²) in [7, 11) is 0. The first-order chi connectivity index (χ1) is 12.1. The Balaban J connectivity index is 2.27. The van der Waals surface area contributed by atoms with E-state index in [0.717, 1.165) is 6.42 Å². The minimum atomic E-state index is -3.20. The molecule has 2 amide bonds. The summed E-state index contributed by atoms with van der Waals surface area (Å²) in [6.45, 7) is 5.42. The number of hydrogen-bond acceptors (Lipinski definition) is 2. The molecule has 0 radical (unpaired) electrons. The van der Waals surface area contributed by atoms with Crippen LogP contribution in [0.3, 0.4) is 0 Å². The number of hydrogen-bond donors (Lipinski definition) is 2. The number of halogens is 2. The first-order valence-corrected chi connectivity index (χ1v) is 9.10. The highest BCUT2D eigenvalue weighted by Gasteiger charge is 2.55. The van der Waals surface area contributed by atoms with Crippen molar-refractivity contribution in [1.82, 2.24) is 10.6 Å². The maximum atomic E-state index is 15.4. The Morgan fingerprint density at radius 1 is 1.12 bits per heavy atom. The van der Waals surface area contributed by atoms with Crippen molar-refractivity contribution < 1.29 is 18.4 Å². The molecule has 1 aliphatic rings. The molecule has 0 bridgehead atoms. The molecule has 6 heteroatoms. The van der Waals surface area contributed by atoms with Crippen molar-refractivity contribution in [2.75, 3.05) is 0 Å². The van der Waals surface area contributed by atoms with E-state index in [0.29, 0.717) is 19.1 Å². The Morgan fingerprint density at radius 2 is 1.69 bits per heavy atom. The zero-order valence-electron chi connectivity index (χ0n) is 15.6. The van der Waals surface area contributed by atoms with Crippen molar-refractivity contribution in [2.24, 2.45) is 5.41 Å². The van der Waals surface area contributed by atoms with Gasteiger partial charge in [0.25, 0.3) is 5.92 Å². The van der Waals surface area contributed by atoms with E-state index < -0.39 is 28.9 Å². The number of carbonyl (C=O) groups excluding carboxylic acids is 2. The molecule has 144 valence electrons. The first kappa shape index (κ1) is 20.3. The second kappa shape index (κ2) is 7.72. The predicted molar refractivity (Wildman–Crippen MR) is 97.1 cm³/mol. The largest absolute Gasteiger partial charge is 0.328 e. The highest BCUT2D eigenvalue weighted by Crippen LogP contribution is 2.47. The van der Waals surface area contributed by atoms with Crippen molar-refractivity contribution in [3.8, 4) is 0 Å². The zero-order chi connectivity index (χ0) is 19.4. The maximum absolute atomic E-state index is 15.4. The molecule has 26 heavy (non-hydrogen) atoms. The fraction of sp³-hybridized carbons (Fsp3) is 0.600. The summed E-state index contributed by atoms with van der Waals surface area (Å²) in [5.74, 6) is -3.20. The normalized spacial score (nSPS) is 18.7. The molecule has 0 spiro atoms. The lowest BCUT2D eigenvalue weighted by molar-refractivity contribution is -0.112. The van der Waals surface area contributed by atoms with Gasteiger partial charge in [-0.3, -0.25) is 0 Å². The number of alkyl halides is 2. The standard InChI is InChI=1S/C20H28F2N2O2/c1-18(2,3)16(14-25)23-17(26)24-19(12-8-5-9-13-19)20(21,22)15-10-6-4-7-11-15/h4,6-7,10-11,14,16H,5,8-9,12-13H2,1-3H3,(H2,23,24,26). The van der Waals surface area contributed by atoms with Crippen LogP contribution in [0.15, 0.2) is 30.3 Å². The highest BCUT2D eigenvalue weighted by atomic mass is 19.3. The summed E-state index contributed by atoms with van der Waals surface area (Å²) in [6, 6.07) is 6.12. The third-order valence-corrected chi connectivity index (χ3v) is 5.15. The summed E-state index contributed by atoms with van der Waals surface area (Å²) in [6.07, 6.45) is 3.16. The Morgan fingerprint density at radius 3 is 2.19 bits per heavy atom. The minimum absolute atomic E-state index is 0.107. The fourth-order valence-electron chi connectivity index (χ4n) is 3.45. The Labute approximate surface area is 153 Å². The molecule has 0 aliphatic heterocycles. The Bertz CT molecular complexity index is 620. The third-order valence-electron chi connectivity index (χ3n) is 5.15. The van der Waals surface area contributed by atoms with Gasteiger partial charge in [-0.2, -0.15) is 8.78 Å². The maximum Gasteiger partial charge on any atom is 0.316 e. The van der Waals surface area contributed by atoms with Gasteiger partial charge in [0.2, 0.25) is 0 Å². The van der Waals surface area contributed by atoms with Crippen LogP contribution in [0.5, 0.6) is 0 Å².